The number of alkyl halides is 3. The van der Waals surface area contributed by atoms with Crippen LogP contribution >= 0.6 is 0 Å². The van der Waals surface area contributed by atoms with Gasteiger partial charge >= 0.3 is 6.18 Å². The van der Waals surface area contributed by atoms with E-state index in [1.54, 1.807) is 36.4 Å². The van der Waals surface area contributed by atoms with E-state index in [2.05, 4.69) is 0 Å². The van der Waals surface area contributed by atoms with Gasteiger partial charge in [0.15, 0.2) is 0 Å². The molecule has 3 heteroatoms. The lowest BCUT2D eigenvalue weighted by molar-refractivity contribution is -0.137. The highest BCUT2D eigenvalue weighted by Gasteiger charge is 2.34. The Balaban J connectivity index is 2.33. The van der Waals surface area contributed by atoms with Gasteiger partial charge in [-0.05, 0) is 41.0 Å². The van der Waals surface area contributed by atoms with E-state index in [9.17, 15) is 13.2 Å². The molecule has 0 aliphatic rings. The van der Waals surface area contributed by atoms with Crippen LogP contribution in [0.5, 0.6) is 0 Å². The monoisotopic (exact) mass is 286 g/mol. The molecule has 0 unspecified atom stereocenters. The number of hydrogen-bond acceptors (Lipinski definition) is 0. The molecule has 0 N–H and O–H groups in total. The second-order valence-corrected chi connectivity index (χ2v) is 5.11. The fraction of sp³-hybridized carbons (Fsp3) is 0.111. The van der Waals surface area contributed by atoms with Crippen LogP contribution in [0, 0.1) is 6.92 Å². The van der Waals surface area contributed by atoms with Crippen LogP contribution < -0.4 is 0 Å². The first kappa shape index (κ1) is 13.7. The third-order valence-electron chi connectivity index (χ3n) is 3.52. The molecule has 0 atom stereocenters. The standard InChI is InChI=1S/C18H13F3/c1-12-5-4-8-15(9-12)16-10-13-6-2-3-7-14(13)11-17(16)18(19,20)21/h2-11H,1H3. The first-order valence-corrected chi connectivity index (χ1v) is 6.62. The zero-order valence-corrected chi connectivity index (χ0v) is 11.4. The summed E-state index contributed by atoms with van der Waals surface area (Å²) in [4.78, 5) is 0. The Morgan fingerprint density at radius 3 is 2.05 bits per heavy atom. The third kappa shape index (κ3) is 2.64. The van der Waals surface area contributed by atoms with Crippen molar-refractivity contribution in [3.8, 4) is 11.1 Å². The van der Waals surface area contributed by atoms with Crippen molar-refractivity contribution in [1.29, 1.82) is 0 Å². The van der Waals surface area contributed by atoms with Gasteiger partial charge < -0.3 is 0 Å². The van der Waals surface area contributed by atoms with Crippen LogP contribution in [-0.2, 0) is 6.18 Å². The van der Waals surface area contributed by atoms with Crippen molar-refractivity contribution in [2.45, 2.75) is 13.1 Å². The number of benzene rings is 3. The molecule has 0 aliphatic heterocycles. The Hall–Kier alpha value is -2.29. The molecule has 0 amide bonds. The number of aryl methyl sites for hydroxylation is 1. The molecular formula is C18H13F3. The minimum Gasteiger partial charge on any atom is -0.166 e. The van der Waals surface area contributed by atoms with Crippen molar-refractivity contribution < 1.29 is 13.2 Å². The van der Waals surface area contributed by atoms with Crippen molar-refractivity contribution in [2.24, 2.45) is 0 Å². The van der Waals surface area contributed by atoms with Gasteiger partial charge in [-0.1, -0.05) is 54.1 Å². The SMILES string of the molecule is Cc1cccc(-c2cc3ccccc3cc2C(F)(F)F)c1. The summed E-state index contributed by atoms with van der Waals surface area (Å²) in [5, 5.41) is 1.41. The van der Waals surface area contributed by atoms with Crippen LogP contribution in [0.3, 0.4) is 0 Å². The van der Waals surface area contributed by atoms with E-state index < -0.39 is 11.7 Å². The molecule has 3 rings (SSSR count). The van der Waals surface area contributed by atoms with Crippen molar-refractivity contribution in [3.63, 3.8) is 0 Å². The first-order valence-electron chi connectivity index (χ1n) is 6.62. The number of fused-ring (bicyclic) bond motifs is 1. The molecular weight excluding hydrogens is 273 g/mol. The van der Waals surface area contributed by atoms with Gasteiger partial charge in [-0.15, -0.1) is 0 Å². The van der Waals surface area contributed by atoms with Crippen molar-refractivity contribution in [3.05, 3.63) is 71.8 Å². The summed E-state index contributed by atoms with van der Waals surface area (Å²) < 4.78 is 40.1. The van der Waals surface area contributed by atoms with E-state index in [1.807, 2.05) is 25.1 Å². The summed E-state index contributed by atoms with van der Waals surface area (Å²) in [7, 11) is 0. The lowest BCUT2D eigenvalue weighted by atomic mass is 9.94. The Labute approximate surface area is 120 Å². The molecule has 0 radical (unpaired) electrons. The molecule has 21 heavy (non-hydrogen) atoms. The van der Waals surface area contributed by atoms with Crippen LogP contribution in [0.4, 0.5) is 13.2 Å². The number of halogens is 3. The average Bonchev–Trinajstić information content (AvgIpc) is 2.45. The maximum Gasteiger partial charge on any atom is 0.417 e. The largest absolute Gasteiger partial charge is 0.417 e. The van der Waals surface area contributed by atoms with Crippen LogP contribution in [0.2, 0.25) is 0 Å². The Bertz CT molecular complexity index is 801. The summed E-state index contributed by atoms with van der Waals surface area (Å²) in [6.45, 7) is 1.87. The van der Waals surface area contributed by atoms with Gasteiger partial charge in [-0.25, -0.2) is 0 Å². The fourth-order valence-electron chi connectivity index (χ4n) is 2.53. The lowest BCUT2D eigenvalue weighted by Gasteiger charge is -2.15. The van der Waals surface area contributed by atoms with Crippen LogP contribution in [0.25, 0.3) is 21.9 Å². The molecule has 3 aromatic rings. The van der Waals surface area contributed by atoms with Crippen molar-refractivity contribution >= 4 is 10.8 Å². The van der Waals surface area contributed by atoms with E-state index in [0.717, 1.165) is 10.9 Å². The topological polar surface area (TPSA) is 0 Å². The van der Waals surface area contributed by atoms with Crippen LogP contribution in [0.1, 0.15) is 11.1 Å². The molecule has 106 valence electrons. The summed E-state index contributed by atoms with van der Waals surface area (Å²) in [5.74, 6) is 0. The highest BCUT2D eigenvalue weighted by molar-refractivity contribution is 5.89. The zero-order chi connectivity index (χ0) is 15.0. The summed E-state index contributed by atoms with van der Waals surface area (Å²) in [6, 6.07) is 17.1. The summed E-state index contributed by atoms with van der Waals surface area (Å²) >= 11 is 0. The smallest absolute Gasteiger partial charge is 0.166 e. The van der Waals surface area contributed by atoms with Gasteiger partial charge in [-0.3, -0.25) is 0 Å². The predicted octanol–water partition coefficient (Wildman–Crippen LogP) is 5.83. The molecule has 0 bridgehead atoms. The highest BCUT2D eigenvalue weighted by Crippen LogP contribution is 2.39. The first-order chi connectivity index (χ1) is 9.95. The average molecular weight is 286 g/mol. The Morgan fingerprint density at radius 1 is 0.762 bits per heavy atom. The second kappa shape index (κ2) is 4.92. The van der Waals surface area contributed by atoms with E-state index in [0.29, 0.717) is 10.9 Å². The third-order valence-corrected chi connectivity index (χ3v) is 3.52. The number of rotatable bonds is 1. The van der Waals surface area contributed by atoms with Gasteiger partial charge in [0, 0.05) is 0 Å². The van der Waals surface area contributed by atoms with Gasteiger partial charge in [0.25, 0.3) is 0 Å². The molecule has 0 fully saturated rings. The Kier molecular flexibility index (Phi) is 3.20. The highest BCUT2D eigenvalue weighted by atomic mass is 19.4. The summed E-state index contributed by atoms with van der Waals surface area (Å²) in [6.07, 6.45) is -4.37. The van der Waals surface area contributed by atoms with Gasteiger partial charge in [0.05, 0.1) is 5.56 Å². The van der Waals surface area contributed by atoms with Crippen LogP contribution in [0.15, 0.2) is 60.7 Å². The molecule has 0 nitrogen and oxygen atoms in total. The van der Waals surface area contributed by atoms with Crippen molar-refractivity contribution in [1.82, 2.24) is 0 Å². The molecule has 0 heterocycles. The minimum absolute atomic E-state index is 0.227. The zero-order valence-electron chi connectivity index (χ0n) is 11.4. The van der Waals surface area contributed by atoms with E-state index in [-0.39, 0.29) is 5.56 Å². The van der Waals surface area contributed by atoms with Crippen molar-refractivity contribution in [2.75, 3.05) is 0 Å². The quantitative estimate of drug-likeness (QED) is 0.527. The normalized spacial score (nSPS) is 11.8. The molecule has 0 aromatic heterocycles. The maximum absolute atomic E-state index is 13.4. The fourth-order valence-corrected chi connectivity index (χ4v) is 2.53. The van der Waals surface area contributed by atoms with E-state index >= 15 is 0 Å². The molecule has 0 spiro atoms. The van der Waals surface area contributed by atoms with Gasteiger partial charge in [0.1, 0.15) is 0 Å². The van der Waals surface area contributed by atoms with Gasteiger partial charge in [-0.2, -0.15) is 13.2 Å². The van der Waals surface area contributed by atoms with Crippen LogP contribution in [-0.4, -0.2) is 0 Å². The molecule has 3 aromatic carbocycles. The Morgan fingerprint density at radius 2 is 1.43 bits per heavy atom. The van der Waals surface area contributed by atoms with E-state index in [4.69, 9.17) is 0 Å². The molecule has 0 aliphatic carbocycles. The number of hydrogen-bond donors (Lipinski definition) is 0. The predicted molar refractivity (Wildman–Crippen MR) is 79.1 cm³/mol. The van der Waals surface area contributed by atoms with Gasteiger partial charge in [0.2, 0.25) is 0 Å². The molecule has 0 saturated heterocycles. The lowest BCUT2D eigenvalue weighted by Crippen LogP contribution is -2.07. The molecule has 0 saturated carbocycles. The summed E-state index contributed by atoms with van der Waals surface area (Å²) in [5.41, 5.74) is 1.17. The minimum atomic E-state index is -4.37. The van der Waals surface area contributed by atoms with E-state index in [1.165, 1.54) is 6.07 Å². The maximum atomic E-state index is 13.4. The second-order valence-electron chi connectivity index (χ2n) is 5.11.